The van der Waals surface area contributed by atoms with Gasteiger partial charge in [0.25, 0.3) is 0 Å². The molecule has 0 atom stereocenters. The highest BCUT2D eigenvalue weighted by molar-refractivity contribution is 6.73. The van der Waals surface area contributed by atoms with E-state index in [1.165, 1.54) is 27.5 Å². The number of imidazole rings is 1. The first-order valence-corrected chi connectivity index (χ1v) is 14.0. The molecule has 2 nitrogen and oxygen atoms in total. The van der Waals surface area contributed by atoms with Crippen molar-refractivity contribution in [3.05, 3.63) is 156 Å². The summed E-state index contributed by atoms with van der Waals surface area (Å²) in [5, 5.41) is 1.45. The van der Waals surface area contributed by atoms with E-state index in [2.05, 4.69) is 145 Å². The molecule has 4 aromatic carbocycles. The fourth-order valence-electron chi connectivity index (χ4n) is 4.30. The summed E-state index contributed by atoms with van der Waals surface area (Å²) >= 11 is 0. The second-order valence-electron chi connectivity index (χ2n) is 8.70. The van der Waals surface area contributed by atoms with Crippen molar-refractivity contribution in [1.29, 1.82) is 0 Å². The molecule has 173 valence electrons. The zero-order valence-electron chi connectivity index (χ0n) is 20.2. The zero-order valence-corrected chi connectivity index (χ0v) is 21.7. The van der Waals surface area contributed by atoms with Crippen LogP contribution in [-0.4, -0.2) is 26.4 Å². The summed E-state index contributed by atoms with van der Waals surface area (Å²) in [5.41, 5.74) is 7.06. The minimum atomic E-state index is -0.616. The van der Waals surface area contributed by atoms with E-state index < -0.39 is 9.52 Å². The van der Waals surface area contributed by atoms with Gasteiger partial charge in [-0.05, 0) is 22.3 Å². The first kappa shape index (κ1) is 23.6. The van der Waals surface area contributed by atoms with Gasteiger partial charge in [-0.15, -0.1) is 0 Å². The van der Waals surface area contributed by atoms with Crippen molar-refractivity contribution in [3.8, 4) is 0 Å². The van der Waals surface area contributed by atoms with E-state index in [0.29, 0.717) is 0 Å². The fraction of sp³-hybridized carbons (Fsp3) is 0.0312. The van der Waals surface area contributed by atoms with Crippen molar-refractivity contribution < 1.29 is 0 Å². The lowest BCUT2D eigenvalue weighted by Gasteiger charge is -2.13. The molecule has 1 heterocycles. The van der Waals surface area contributed by atoms with Crippen molar-refractivity contribution in [3.63, 3.8) is 0 Å². The lowest BCUT2D eigenvalue weighted by atomic mass is 9.65. The molecule has 5 rings (SSSR count). The van der Waals surface area contributed by atoms with Gasteiger partial charge >= 0.3 is 0 Å². The number of benzene rings is 4. The van der Waals surface area contributed by atoms with Crippen LogP contribution in [0.15, 0.2) is 134 Å². The van der Waals surface area contributed by atoms with Crippen molar-refractivity contribution in [2.75, 3.05) is 0 Å². The van der Waals surface area contributed by atoms with Crippen LogP contribution in [0.25, 0.3) is 22.8 Å². The summed E-state index contributed by atoms with van der Waals surface area (Å²) in [5.74, 6) is 0. The zero-order chi connectivity index (χ0) is 24.4. The molecule has 1 radical (unpaired) electrons. The van der Waals surface area contributed by atoms with Crippen LogP contribution in [0.3, 0.4) is 0 Å². The molecule has 0 saturated carbocycles. The topological polar surface area (TPSA) is 17.8 Å². The van der Waals surface area contributed by atoms with Crippen molar-refractivity contribution in [1.82, 2.24) is 9.55 Å². The largest absolute Gasteiger partial charge is 0.346 e. The molecule has 0 aliphatic rings. The van der Waals surface area contributed by atoms with E-state index in [1.807, 2.05) is 12.3 Å². The molecule has 1 aromatic heterocycles. The minimum absolute atomic E-state index is 0.616. The Kier molecular flexibility index (Phi) is 7.87. The Labute approximate surface area is 216 Å². The highest BCUT2D eigenvalue weighted by Gasteiger charge is 2.12. The number of nitrogens with zero attached hydrogens (tertiary/aromatic N) is 2. The molecule has 0 unspecified atom stereocenters. The second-order valence-corrected chi connectivity index (χ2v) is 10.4. The molecule has 5 aromatic rings. The third-order valence-electron chi connectivity index (χ3n) is 6.17. The maximum Gasteiger partial charge on any atom is 0.241 e. The van der Waals surface area contributed by atoms with Gasteiger partial charge in [0.05, 0.1) is 15.2 Å². The van der Waals surface area contributed by atoms with Crippen LogP contribution < -0.4 is 5.72 Å². The standard InChI is InChI=1S/C32H28BN2Si/c1-5-13-26(14-6-1)23-30(28-17-9-3-10-18-28)33-32-34-21-22-35(32)25-36-31(29-19-11-4-12-20-29)24-27-15-7-2-8-16-27/h1-24H,25,36H2. The maximum atomic E-state index is 4.73. The molecule has 0 amide bonds. The average molecular weight is 479 g/mol. The quantitative estimate of drug-likeness (QED) is 0.195. The SMILES string of the molecule is [B](C(=Cc1ccccc1)c1ccccc1)c1nccn1C[SiH2]C(=Cc1ccccc1)c1ccccc1. The predicted molar refractivity (Wildman–Crippen MR) is 158 cm³/mol. The van der Waals surface area contributed by atoms with Gasteiger partial charge in [0.2, 0.25) is 7.28 Å². The van der Waals surface area contributed by atoms with Gasteiger partial charge < -0.3 is 4.57 Å². The second kappa shape index (κ2) is 12.0. The van der Waals surface area contributed by atoms with E-state index in [4.69, 9.17) is 4.98 Å². The van der Waals surface area contributed by atoms with Gasteiger partial charge in [-0.25, -0.2) is 0 Å². The van der Waals surface area contributed by atoms with E-state index in [0.717, 1.165) is 17.4 Å². The highest BCUT2D eigenvalue weighted by atomic mass is 28.2. The summed E-state index contributed by atoms with van der Waals surface area (Å²) in [6.07, 6.45) is 9.58. The molecule has 0 fully saturated rings. The normalized spacial score (nSPS) is 12.2. The molecule has 0 spiro atoms. The molecular weight excluding hydrogens is 451 g/mol. The molecule has 0 bridgehead atoms. The summed E-state index contributed by atoms with van der Waals surface area (Å²) in [4.78, 5) is 4.73. The first-order chi connectivity index (χ1) is 17.8. The Hall–Kier alpha value is -4.15. The summed E-state index contributed by atoms with van der Waals surface area (Å²) in [6.45, 7) is 0. The smallest absolute Gasteiger partial charge is 0.241 e. The van der Waals surface area contributed by atoms with Crippen molar-refractivity contribution in [2.24, 2.45) is 0 Å². The molecule has 0 saturated heterocycles. The molecular formula is C32H28BN2Si. The fourth-order valence-corrected chi connectivity index (χ4v) is 6.06. The van der Waals surface area contributed by atoms with E-state index in [1.54, 1.807) is 0 Å². The van der Waals surface area contributed by atoms with Gasteiger partial charge in [0, 0.05) is 18.6 Å². The van der Waals surface area contributed by atoms with Gasteiger partial charge in [-0.3, -0.25) is 4.98 Å². The van der Waals surface area contributed by atoms with Crippen LogP contribution in [0.2, 0.25) is 0 Å². The lowest BCUT2D eigenvalue weighted by Crippen LogP contribution is -2.29. The van der Waals surface area contributed by atoms with Crippen LogP contribution in [0.4, 0.5) is 0 Å². The first-order valence-electron chi connectivity index (χ1n) is 12.3. The third-order valence-corrected chi connectivity index (χ3v) is 8.02. The molecule has 0 aliphatic heterocycles. The monoisotopic (exact) mass is 479 g/mol. The van der Waals surface area contributed by atoms with E-state index in [-0.39, 0.29) is 0 Å². The van der Waals surface area contributed by atoms with Crippen LogP contribution in [0.5, 0.6) is 0 Å². The van der Waals surface area contributed by atoms with Crippen LogP contribution in [0, 0.1) is 0 Å². The van der Waals surface area contributed by atoms with Gasteiger partial charge in [-0.1, -0.05) is 144 Å². The number of hydrogen-bond donors (Lipinski definition) is 0. The summed E-state index contributed by atoms with van der Waals surface area (Å²) in [7, 11) is 1.59. The Bertz CT molecular complexity index is 1430. The predicted octanol–water partition coefficient (Wildman–Crippen LogP) is 5.74. The highest BCUT2D eigenvalue weighted by Crippen LogP contribution is 2.19. The van der Waals surface area contributed by atoms with Gasteiger partial charge in [0.15, 0.2) is 0 Å². The maximum absolute atomic E-state index is 4.73. The van der Waals surface area contributed by atoms with E-state index in [9.17, 15) is 0 Å². The number of hydrogen-bond acceptors (Lipinski definition) is 1. The molecule has 0 N–H and O–H groups in total. The Morgan fingerprint density at radius 1 is 0.667 bits per heavy atom. The van der Waals surface area contributed by atoms with Crippen LogP contribution >= 0.6 is 0 Å². The Morgan fingerprint density at radius 2 is 1.19 bits per heavy atom. The third kappa shape index (κ3) is 6.29. The Morgan fingerprint density at radius 3 is 1.81 bits per heavy atom. The van der Waals surface area contributed by atoms with Gasteiger partial charge in [0.1, 0.15) is 0 Å². The molecule has 4 heteroatoms. The van der Waals surface area contributed by atoms with E-state index >= 15 is 0 Å². The summed E-state index contributed by atoms with van der Waals surface area (Å²) < 4.78 is 2.30. The number of rotatable bonds is 9. The van der Waals surface area contributed by atoms with Gasteiger partial charge in [-0.2, -0.15) is 0 Å². The van der Waals surface area contributed by atoms with Crippen molar-refractivity contribution >= 4 is 45.3 Å². The summed E-state index contributed by atoms with van der Waals surface area (Å²) in [6, 6.07) is 42.4. The molecule has 36 heavy (non-hydrogen) atoms. The Balaban J connectivity index is 1.40. The minimum Gasteiger partial charge on any atom is -0.346 e. The van der Waals surface area contributed by atoms with Crippen molar-refractivity contribution in [2.45, 2.75) is 6.17 Å². The van der Waals surface area contributed by atoms with Crippen LogP contribution in [-0.2, 0) is 6.17 Å². The average Bonchev–Trinajstić information content (AvgIpc) is 3.39. The van der Waals surface area contributed by atoms with Crippen LogP contribution in [0.1, 0.15) is 22.3 Å². The lowest BCUT2D eigenvalue weighted by molar-refractivity contribution is 0.908. The molecule has 0 aliphatic carbocycles. The number of aromatic nitrogens is 2.